The van der Waals surface area contributed by atoms with Crippen molar-refractivity contribution in [3.8, 4) is 6.07 Å². The Kier molecular flexibility index (Phi) is 7.55. The van der Waals surface area contributed by atoms with Gasteiger partial charge in [-0.05, 0) is 55.6 Å². The van der Waals surface area contributed by atoms with Crippen LogP contribution in [0.25, 0.3) is 0 Å². The number of hydrogen-bond acceptors (Lipinski definition) is 5. The van der Waals surface area contributed by atoms with E-state index in [9.17, 15) is 4.79 Å². The maximum absolute atomic E-state index is 12.4. The number of thioether (sulfide) groups is 1. The van der Waals surface area contributed by atoms with E-state index >= 15 is 0 Å². The van der Waals surface area contributed by atoms with E-state index in [0.717, 1.165) is 37.5 Å². The molecule has 4 nitrogen and oxygen atoms in total. The highest BCUT2D eigenvalue weighted by Crippen LogP contribution is 2.23. The highest BCUT2D eigenvalue weighted by molar-refractivity contribution is 7.99. The minimum Gasteiger partial charge on any atom is -0.345 e. The molecule has 1 aliphatic heterocycles. The molecule has 1 saturated heterocycles. The van der Waals surface area contributed by atoms with Crippen molar-refractivity contribution in [2.75, 3.05) is 32.4 Å². The van der Waals surface area contributed by atoms with E-state index in [4.69, 9.17) is 5.26 Å². The third-order valence-electron chi connectivity index (χ3n) is 5.08. The molecule has 1 aliphatic rings. The molecular formula is C22H27N3OS2. The number of nitrogens with zero attached hydrogens (tertiary/aromatic N) is 3. The van der Waals surface area contributed by atoms with Crippen molar-refractivity contribution in [1.82, 2.24) is 9.80 Å². The molecule has 1 fully saturated rings. The second-order valence-corrected chi connectivity index (χ2v) is 9.84. The molecular weight excluding hydrogens is 386 g/mol. The second-order valence-electron chi connectivity index (χ2n) is 7.48. The number of aryl methyl sites for hydroxylation is 1. The Balaban J connectivity index is 1.36. The zero-order valence-electron chi connectivity index (χ0n) is 16.6. The molecule has 6 heteroatoms. The maximum Gasteiger partial charge on any atom is 0.232 e. The molecule has 0 aliphatic carbocycles. The van der Waals surface area contributed by atoms with Crippen molar-refractivity contribution >= 4 is 29.0 Å². The predicted octanol–water partition coefficient (Wildman–Crippen LogP) is 4.14. The molecule has 1 aromatic heterocycles. The van der Waals surface area contributed by atoms with Gasteiger partial charge in [0.1, 0.15) is 0 Å². The number of likely N-dealkylation sites (tertiary alicyclic amines) is 1. The number of carbonyl (C=O) groups is 1. The molecule has 1 amide bonds. The summed E-state index contributed by atoms with van der Waals surface area (Å²) in [6.07, 6.45) is 1.17. The van der Waals surface area contributed by atoms with E-state index < -0.39 is 0 Å². The molecule has 0 N–H and O–H groups in total. The summed E-state index contributed by atoms with van der Waals surface area (Å²) in [6, 6.07) is 14.1. The van der Waals surface area contributed by atoms with Crippen molar-refractivity contribution in [3.63, 3.8) is 0 Å². The van der Waals surface area contributed by atoms with E-state index in [1.54, 1.807) is 11.8 Å². The van der Waals surface area contributed by atoms with Crippen LogP contribution in [0.5, 0.6) is 0 Å². The summed E-state index contributed by atoms with van der Waals surface area (Å²) in [5, 5.41) is 8.84. The Morgan fingerprint density at radius 2 is 2.11 bits per heavy atom. The summed E-state index contributed by atoms with van der Waals surface area (Å²) in [4.78, 5) is 19.7. The van der Waals surface area contributed by atoms with Gasteiger partial charge in [0.25, 0.3) is 0 Å². The standard InChI is InChI=1S/C22H27N3OS2/c1-17-3-8-21(28-17)14-25-10-9-20(13-25)12-24(2)22(26)16-27-15-19-6-4-18(11-23)5-7-19/h3-8,20H,9-10,12-16H2,1-2H3/t20-/m1/s1. The van der Waals surface area contributed by atoms with Crippen LogP contribution in [-0.4, -0.2) is 48.1 Å². The lowest BCUT2D eigenvalue weighted by molar-refractivity contribution is -0.127. The van der Waals surface area contributed by atoms with E-state index in [2.05, 4.69) is 30.0 Å². The van der Waals surface area contributed by atoms with E-state index in [-0.39, 0.29) is 5.91 Å². The third-order valence-corrected chi connectivity index (χ3v) is 7.05. The molecule has 0 spiro atoms. The smallest absolute Gasteiger partial charge is 0.232 e. The van der Waals surface area contributed by atoms with Crippen LogP contribution in [0.4, 0.5) is 0 Å². The first-order chi connectivity index (χ1) is 13.5. The normalized spacial score (nSPS) is 16.8. The Labute approximate surface area is 176 Å². The van der Waals surface area contributed by atoms with Crippen molar-refractivity contribution in [1.29, 1.82) is 5.26 Å². The molecule has 0 bridgehead atoms. The van der Waals surface area contributed by atoms with Crippen LogP contribution in [0.15, 0.2) is 36.4 Å². The number of nitriles is 1. The van der Waals surface area contributed by atoms with Gasteiger partial charge in [-0.2, -0.15) is 5.26 Å². The number of carbonyl (C=O) groups excluding carboxylic acids is 1. The van der Waals surface area contributed by atoms with Gasteiger partial charge in [0.2, 0.25) is 5.91 Å². The van der Waals surface area contributed by atoms with Crippen molar-refractivity contribution in [2.24, 2.45) is 5.92 Å². The molecule has 3 rings (SSSR count). The highest BCUT2D eigenvalue weighted by atomic mass is 32.2. The third kappa shape index (κ3) is 6.10. The Bertz CT molecular complexity index is 825. The number of amides is 1. The van der Waals surface area contributed by atoms with Crippen LogP contribution in [-0.2, 0) is 17.1 Å². The van der Waals surface area contributed by atoms with E-state index in [1.165, 1.54) is 16.2 Å². The van der Waals surface area contributed by atoms with Gasteiger partial charge >= 0.3 is 0 Å². The highest BCUT2D eigenvalue weighted by Gasteiger charge is 2.25. The molecule has 0 unspecified atom stereocenters. The molecule has 1 atom stereocenters. The fraction of sp³-hybridized carbons (Fsp3) is 0.455. The summed E-state index contributed by atoms with van der Waals surface area (Å²) < 4.78 is 0. The largest absolute Gasteiger partial charge is 0.345 e. The lowest BCUT2D eigenvalue weighted by Gasteiger charge is -2.21. The molecule has 148 valence electrons. The van der Waals surface area contributed by atoms with Crippen LogP contribution in [0, 0.1) is 24.2 Å². The minimum absolute atomic E-state index is 0.200. The predicted molar refractivity (Wildman–Crippen MR) is 117 cm³/mol. The zero-order chi connectivity index (χ0) is 19.9. The van der Waals surface area contributed by atoms with Crippen LogP contribution in [0.1, 0.15) is 27.3 Å². The van der Waals surface area contributed by atoms with Gasteiger partial charge in [-0.1, -0.05) is 12.1 Å². The Hall–Kier alpha value is -1.81. The number of hydrogen-bond donors (Lipinski definition) is 0. The fourth-order valence-electron chi connectivity index (χ4n) is 3.53. The average Bonchev–Trinajstić information content (AvgIpc) is 3.31. The first-order valence-electron chi connectivity index (χ1n) is 9.62. The average molecular weight is 414 g/mol. The zero-order valence-corrected chi connectivity index (χ0v) is 18.2. The van der Waals surface area contributed by atoms with Crippen LogP contribution < -0.4 is 0 Å². The first-order valence-corrected chi connectivity index (χ1v) is 11.6. The fourth-order valence-corrected chi connectivity index (χ4v) is 5.39. The second kappa shape index (κ2) is 10.1. The molecule has 2 heterocycles. The van der Waals surface area contributed by atoms with Crippen molar-refractivity contribution < 1.29 is 4.79 Å². The van der Waals surface area contributed by atoms with Crippen molar-refractivity contribution in [3.05, 3.63) is 57.3 Å². The van der Waals surface area contributed by atoms with Gasteiger partial charge in [-0.25, -0.2) is 0 Å². The van der Waals surface area contributed by atoms with Crippen LogP contribution in [0.3, 0.4) is 0 Å². The molecule has 0 saturated carbocycles. The van der Waals surface area contributed by atoms with Crippen molar-refractivity contribution in [2.45, 2.75) is 25.6 Å². The van der Waals surface area contributed by atoms with E-state index in [0.29, 0.717) is 17.2 Å². The SMILES string of the molecule is Cc1ccc(CN2CC[C@H](CN(C)C(=O)CSCc3ccc(C#N)cc3)C2)s1. The van der Waals surface area contributed by atoms with Gasteiger partial charge in [0, 0.05) is 42.2 Å². The van der Waals surface area contributed by atoms with Gasteiger partial charge in [0.15, 0.2) is 0 Å². The monoisotopic (exact) mass is 413 g/mol. The minimum atomic E-state index is 0.200. The molecule has 1 aromatic carbocycles. The molecule has 0 radical (unpaired) electrons. The number of benzene rings is 1. The Morgan fingerprint density at radius 3 is 2.79 bits per heavy atom. The topological polar surface area (TPSA) is 47.3 Å². The molecule has 28 heavy (non-hydrogen) atoms. The van der Waals surface area contributed by atoms with Crippen LogP contribution >= 0.6 is 23.1 Å². The van der Waals surface area contributed by atoms with E-state index in [1.807, 2.05) is 47.5 Å². The summed E-state index contributed by atoms with van der Waals surface area (Å²) in [6.45, 7) is 6.23. The number of thiophene rings is 1. The summed E-state index contributed by atoms with van der Waals surface area (Å²) in [5.74, 6) is 2.06. The summed E-state index contributed by atoms with van der Waals surface area (Å²) >= 11 is 3.51. The summed E-state index contributed by atoms with van der Waals surface area (Å²) in [5.41, 5.74) is 1.82. The van der Waals surface area contributed by atoms with Gasteiger partial charge < -0.3 is 4.90 Å². The number of rotatable bonds is 8. The molecule has 2 aromatic rings. The lowest BCUT2D eigenvalue weighted by atomic mass is 10.1. The van der Waals surface area contributed by atoms with Gasteiger partial charge in [-0.3, -0.25) is 9.69 Å². The Morgan fingerprint density at radius 1 is 1.32 bits per heavy atom. The first kappa shape index (κ1) is 20.9. The van der Waals surface area contributed by atoms with Gasteiger partial charge in [-0.15, -0.1) is 23.1 Å². The summed E-state index contributed by atoms with van der Waals surface area (Å²) in [7, 11) is 1.93. The maximum atomic E-state index is 12.4. The lowest BCUT2D eigenvalue weighted by Crippen LogP contribution is -2.34. The quantitative estimate of drug-likeness (QED) is 0.652. The van der Waals surface area contributed by atoms with Gasteiger partial charge in [0.05, 0.1) is 17.4 Å². The van der Waals surface area contributed by atoms with Crippen LogP contribution in [0.2, 0.25) is 0 Å².